The maximum absolute atomic E-state index is 13.0. The van der Waals surface area contributed by atoms with Crippen LogP contribution in [0.5, 0.6) is 0 Å². The van der Waals surface area contributed by atoms with Crippen LogP contribution in [0.25, 0.3) is 0 Å². The van der Waals surface area contributed by atoms with E-state index in [1.165, 1.54) is 26.2 Å². The van der Waals surface area contributed by atoms with Crippen molar-refractivity contribution in [1.82, 2.24) is 15.5 Å². The Labute approximate surface area is 183 Å². The van der Waals surface area contributed by atoms with E-state index in [0.717, 1.165) is 31.2 Å². The fraction of sp³-hybridized carbons (Fsp3) is 0.609. The SMILES string of the molecule is CC(=O)NC(CC(=O)N1CCCC(C(=O)NC2CCCCC2)C1)c1ccc(Cl)cc1. The molecule has 0 radical (unpaired) electrons. The molecular formula is C23H32ClN3O3. The fourth-order valence-corrected chi connectivity index (χ4v) is 4.61. The van der Waals surface area contributed by atoms with Crippen molar-refractivity contribution < 1.29 is 14.4 Å². The van der Waals surface area contributed by atoms with Crippen molar-refractivity contribution in [3.8, 4) is 0 Å². The molecule has 1 aromatic rings. The topological polar surface area (TPSA) is 78.5 Å². The zero-order valence-electron chi connectivity index (χ0n) is 17.7. The molecule has 2 N–H and O–H groups in total. The van der Waals surface area contributed by atoms with Crippen LogP contribution in [0.2, 0.25) is 5.02 Å². The Morgan fingerprint density at radius 1 is 1.07 bits per heavy atom. The number of halogens is 1. The summed E-state index contributed by atoms with van der Waals surface area (Å²) in [5.41, 5.74) is 0.839. The first kappa shape index (κ1) is 22.6. The first-order chi connectivity index (χ1) is 14.4. The average molecular weight is 434 g/mol. The summed E-state index contributed by atoms with van der Waals surface area (Å²) >= 11 is 5.96. The van der Waals surface area contributed by atoms with Gasteiger partial charge in [-0.2, -0.15) is 0 Å². The molecule has 1 aromatic carbocycles. The Kier molecular flexibility index (Phi) is 8.14. The number of carbonyl (C=O) groups excluding carboxylic acids is 3. The molecule has 164 valence electrons. The molecular weight excluding hydrogens is 402 g/mol. The largest absolute Gasteiger partial charge is 0.353 e. The van der Waals surface area contributed by atoms with E-state index in [0.29, 0.717) is 18.1 Å². The second-order valence-electron chi connectivity index (χ2n) is 8.53. The molecule has 2 aliphatic rings. The summed E-state index contributed by atoms with van der Waals surface area (Å²) in [6, 6.07) is 7.03. The molecule has 3 amide bonds. The minimum Gasteiger partial charge on any atom is -0.353 e. The van der Waals surface area contributed by atoms with Gasteiger partial charge in [-0.3, -0.25) is 14.4 Å². The standard InChI is InChI=1S/C23H32ClN3O3/c1-16(28)25-21(17-9-11-19(24)12-10-17)14-22(29)27-13-5-6-18(15-27)23(30)26-20-7-3-2-4-8-20/h9-12,18,20-21H,2-8,13-15H2,1H3,(H,25,28)(H,26,30). The highest BCUT2D eigenvalue weighted by Gasteiger charge is 2.31. The van der Waals surface area contributed by atoms with Crippen molar-refractivity contribution in [1.29, 1.82) is 0 Å². The van der Waals surface area contributed by atoms with Gasteiger partial charge in [0.25, 0.3) is 0 Å². The van der Waals surface area contributed by atoms with E-state index in [9.17, 15) is 14.4 Å². The van der Waals surface area contributed by atoms with Crippen molar-refractivity contribution in [3.63, 3.8) is 0 Å². The first-order valence-corrected chi connectivity index (χ1v) is 11.4. The molecule has 1 aliphatic heterocycles. The number of piperidine rings is 1. The minimum absolute atomic E-state index is 0.0427. The van der Waals surface area contributed by atoms with Gasteiger partial charge in [0, 0.05) is 31.1 Å². The zero-order valence-corrected chi connectivity index (χ0v) is 18.4. The molecule has 0 spiro atoms. The van der Waals surface area contributed by atoms with Gasteiger partial charge in [0.15, 0.2) is 0 Å². The van der Waals surface area contributed by atoms with Gasteiger partial charge in [0.2, 0.25) is 17.7 Å². The minimum atomic E-state index is -0.413. The van der Waals surface area contributed by atoms with E-state index in [2.05, 4.69) is 10.6 Å². The highest BCUT2D eigenvalue weighted by atomic mass is 35.5. The molecule has 2 fully saturated rings. The number of rotatable bonds is 6. The lowest BCUT2D eigenvalue weighted by Gasteiger charge is -2.34. The lowest BCUT2D eigenvalue weighted by Crippen LogP contribution is -2.48. The molecule has 2 unspecified atom stereocenters. The number of nitrogens with one attached hydrogen (secondary N) is 2. The van der Waals surface area contributed by atoms with Gasteiger partial charge in [0.05, 0.1) is 18.4 Å². The van der Waals surface area contributed by atoms with Crippen LogP contribution >= 0.6 is 11.6 Å². The number of benzene rings is 1. The molecule has 1 saturated heterocycles. The summed E-state index contributed by atoms with van der Waals surface area (Å²) in [4.78, 5) is 39.2. The number of hydrogen-bond donors (Lipinski definition) is 2. The summed E-state index contributed by atoms with van der Waals surface area (Å²) in [5.74, 6) is -0.306. The number of nitrogens with zero attached hydrogens (tertiary/aromatic N) is 1. The van der Waals surface area contributed by atoms with Gasteiger partial charge in [-0.05, 0) is 43.4 Å². The predicted octanol–water partition coefficient (Wildman–Crippen LogP) is 3.59. The van der Waals surface area contributed by atoms with Crippen LogP contribution in [0.4, 0.5) is 0 Å². The number of carbonyl (C=O) groups is 3. The van der Waals surface area contributed by atoms with Crippen molar-refractivity contribution in [2.45, 2.75) is 70.4 Å². The van der Waals surface area contributed by atoms with Crippen molar-refractivity contribution >= 4 is 29.3 Å². The Morgan fingerprint density at radius 2 is 1.77 bits per heavy atom. The molecule has 0 aromatic heterocycles. The molecule has 1 saturated carbocycles. The molecule has 1 heterocycles. The molecule has 2 atom stereocenters. The van der Waals surface area contributed by atoms with Gasteiger partial charge >= 0.3 is 0 Å². The Hall–Kier alpha value is -2.08. The van der Waals surface area contributed by atoms with Crippen molar-refractivity contribution in [3.05, 3.63) is 34.9 Å². The third-order valence-corrected chi connectivity index (χ3v) is 6.38. The summed E-state index contributed by atoms with van der Waals surface area (Å²) < 4.78 is 0. The van der Waals surface area contributed by atoms with Gasteiger partial charge in [-0.15, -0.1) is 0 Å². The van der Waals surface area contributed by atoms with Crippen LogP contribution in [0, 0.1) is 5.92 Å². The third kappa shape index (κ3) is 6.46. The van der Waals surface area contributed by atoms with Crippen LogP contribution in [0.15, 0.2) is 24.3 Å². The molecule has 0 bridgehead atoms. The first-order valence-electron chi connectivity index (χ1n) is 11.0. The normalized spacial score (nSPS) is 21.0. The number of hydrogen-bond acceptors (Lipinski definition) is 3. The quantitative estimate of drug-likeness (QED) is 0.719. The Morgan fingerprint density at radius 3 is 2.43 bits per heavy atom. The van der Waals surface area contributed by atoms with Crippen LogP contribution in [-0.4, -0.2) is 41.8 Å². The molecule has 6 nitrogen and oxygen atoms in total. The highest BCUT2D eigenvalue weighted by molar-refractivity contribution is 6.30. The maximum atomic E-state index is 13.0. The lowest BCUT2D eigenvalue weighted by atomic mass is 9.92. The summed E-state index contributed by atoms with van der Waals surface area (Å²) in [6.45, 7) is 2.55. The molecule has 3 rings (SSSR count). The van der Waals surface area contributed by atoms with Crippen LogP contribution < -0.4 is 10.6 Å². The van der Waals surface area contributed by atoms with Gasteiger partial charge < -0.3 is 15.5 Å². The lowest BCUT2D eigenvalue weighted by molar-refractivity contribution is -0.136. The number of likely N-dealkylation sites (tertiary alicyclic amines) is 1. The van der Waals surface area contributed by atoms with Crippen LogP contribution in [-0.2, 0) is 14.4 Å². The van der Waals surface area contributed by atoms with Gasteiger partial charge in [-0.1, -0.05) is 43.0 Å². The monoisotopic (exact) mass is 433 g/mol. The summed E-state index contributed by atoms with van der Waals surface area (Å²) in [7, 11) is 0. The maximum Gasteiger partial charge on any atom is 0.225 e. The zero-order chi connectivity index (χ0) is 21.5. The van der Waals surface area contributed by atoms with Gasteiger partial charge in [-0.25, -0.2) is 0 Å². The van der Waals surface area contributed by atoms with E-state index < -0.39 is 6.04 Å². The van der Waals surface area contributed by atoms with Crippen molar-refractivity contribution in [2.75, 3.05) is 13.1 Å². The fourth-order valence-electron chi connectivity index (χ4n) is 4.48. The summed E-state index contributed by atoms with van der Waals surface area (Å²) in [6.07, 6.45) is 7.51. The highest BCUT2D eigenvalue weighted by Crippen LogP contribution is 2.24. The molecule has 30 heavy (non-hydrogen) atoms. The summed E-state index contributed by atoms with van der Waals surface area (Å²) in [5, 5.41) is 6.67. The number of amides is 3. The van der Waals surface area contributed by atoms with Gasteiger partial charge in [0.1, 0.15) is 0 Å². The molecule has 1 aliphatic carbocycles. The van der Waals surface area contributed by atoms with E-state index in [-0.39, 0.29) is 36.1 Å². The second-order valence-corrected chi connectivity index (χ2v) is 8.97. The van der Waals surface area contributed by atoms with Crippen LogP contribution in [0.3, 0.4) is 0 Å². The van der Waals surface area contributed by atoms with E-state index in [1.807, 2.05) is 12.1 Å². The second kappa shape index (κ2) is 10.8. The average Bonchev–Trinajstić information content (AvgIpc) is 2.74. The predicted molar refractivity (Wildman–Crippen MR) is 117 cm³/mol. The third-order valence-electron chi connectivity index (χ3n) is 6.13. The molecule has 7 heteroatoms. The van der Waals surface area contributed by atoms with Crippen molar-refractivity contribution in [2.24, 2.45) is 5.92 Å². The van der Waals surface area contributed by atoms with E-state index >= 15 is 0 Å². The Bertz CT molecular complexity index is 747. The van der Waals surface area contributed by atoms with Crippen LogP contribution in [0.1, 0.15) is 69.9 Å². The van der Waals surface area contributed by atoms with E-state index in [1.54, 1.807) is 17.0 Å². The Balaban J connectivity index is 1.59. The van der Waals surface area contributed by atoms with E-state index in [4.69, 9.17) is 11.6 Å². The smallest absolute Gasteiger partial charge is 0.225 e.